The molecule has 166 valence electrons. The maximum atomic E-state index is 13.6. The molecule has 0 unspecified atom stereocenters. The topological polar surface area (TPSA) is 63.0 Å². The molecule has 4 rings (SSSR count). The molecule has 0 aliphatic carbocycles. The number of Topliss-reactive ketones (excluding diaryl/α,β-unsaturated/α-hetero) is 1. The molecule has 3 aromatic rings. The first-order chi connectivity index (χ1) is 15.4. The van der Waals surface area contributed by atoms with Gasteiger partial charge in [0.1, 0.15) is 17.3 Å². The summed E-state index contributed by atoms with van der Waals surface area (Å²) in [6.07, 6.45) is 0. The summed E-state index contributed by atoms with van der Waals surface area (Å²) in [4.78, 5) is 28.3. The first kappa shape index (κ1) is 21.8. The number of carbonyl (C=O) groups excluding carboxylic acids is 2. The van der Waals surface area contributed by atoms with Crippen LogP contribution in [0.2, 0.25) is 0 Å². The largest absolute Gasteiger partial charge is 0.496 e. The minimum absolute atomic E-state index is 0.00171. The van der Waals surface area contributed by atoms with Crippen molar-refractivity contribution in [2.24, 2.45) is 0 Å². The number of halogens is 1. The van der Waals surface area contributed by atoms with Crippen molar-refractivity contribution in [3.63, 3.8) is 0 Å². The summed E-state index contributed by atoms with van der Waals surface area (Å²) >= 11 is 0. The fraction of sp³-hybridized carbons (Fsp3) is 0.280. The fourth-order valence-electron chi connectivity index (χ4n) is 3.85. The predicted molar refractivity (Wildman–Crippen MR) is 118 cm³/mol. The number of amides is 1. The molecule has 1 amide bonds. The maximum Gasteiger partial charge on any atom is 0.289 e. The Morgan fingerprint density at radius 2 is 1.72 bits per heavy atom. The lowest BCUT2D eigenvalue weighted by molar-refractivity contribution is 0.0597. The van der Waals surface area contributed by atoms with Gasteiger partial charge in [-0.1, -0.05) is 24.3 Å². The molecule has 0 saturated carbocycles. The molecule has 1 aliphatic rings. The second kappa shape index (κ2) is 9.36. The van der Waals surface area contributed by atoms with E-state index in [4.69, 9.17) is 9.15 Å². The molecule has 32 heavy (non-hydrogen) atoms. The number of piperazine rings is 1. The fourth-order valence-corrected chi connectivity index (χ4v) is 3.85. The average molecular weight is 436 g/mol. The lowest BCUT2D eigenvalue weighted by Gasteiger charge is -2.34. The average Bonchev–Trinajstić information content (AvgIpc) is 3.30. The van der Waals surface area contributed by atoms with Crippen LogP contribution in [0.15, 0.2) is 59.0 Å². The minimum Gasteiger partial charge on any atom is -0.496 e. The third kappa shape index (κ3) is 4.73. The number of furan rings is 1. The quantitative estimate of drug-likeness (QED) is 0.541. The van der Waals surface area contributed by atoms with E-state index in [1.54, 1.807) is 42.3 Å². The molecule has 6 nitrogen and oxygen atoms in total. The van der Waals surface area contributed by atoms with Gasteiger partial charge in [0.2, 0.25) is 0 Å². The van der Waals surface area contributed by atoms with Gasteiger partial charge in [-0.3, -0.25) is 14.5 Å². The van der Waals surface area contributed by atoms with Crippen molar-refractivity contribution in [3.05, 3.63) is 77.3 Å². The third-order valence-corrected chi connectivity index (χ3v) is 5.69. The lowest BCUT2D eigenvalue weighted by Crippen LogP contribution is -2.48. The van der Waals surface area contributed by atoms with Crippen LogP contribution in [0.3, 0.4) is 0 Å². The summed E-state index contributed by atoms with van der Waals surface area (Å²) in [5.74, 6) is 1.08. The molecule has 0 N–H and O–H groups in total. The van der Waals surface area contributed by atoms with Crippen molar-refractivity contribution in [2.75, 3.05) is 33.3 Å². The van der Waals surface area contributed by atoms with Crippen molar-refractivity contribution in [1.82, 2.24) is 9.80 Å². The van der Waals surface area contributed by atoms with E-state index in [0.717, 1.165) is 11.1 Å². The third-order valence-electron chi connectivity index (χ3n) is 5.69. The van der Waals surface area contributed by atoms with Crippen LogP contribution >= 0.6 is 0 Å². The second-order valence-electron chi connectivity index (χ2n) is 7.82. The number of hydrogen-bond acceptors (Lipinski definition) is 5. The number of ketones is 1. The minimum atomic E-state index is -0.292. The lowest BCUT2D eigenvalue weighted by atomic mass is 10.1. The molecule has 0 atom stereocenters. The van der Waals surface area contributed by atoms with Gasteiger partial charge in [0, 0.05) is 49.4 Å². The van der Waals surface area contributed by atoms with E-state index in [0.29, 0.717) is 49.8 Å². The molecule has 0 spiro atoms. The van der Waals surface area contributed by atoms with Crippen LogP contribution in [-0.2, 0) is 6.54 Å². The molecule has 1 aliphatic heterocycles. The Bertz CT molecular complexity index is 1120. The van der Waals surface area contributed by atoms with Gasteiger partial charge in [-0.15, -0.1) is 0 Å². The number of rotatable bonds is 6. The van der Waals surface area contributed by atoms with Gasteiger partial charge in [-0.05, 0) is 37.3 Å². The highest BCUT2D eigenvalue weighted by Crippen LogP contribution is 2.25. The molecule has 2 aromatic carbocycles. The summed E-state index contributed by atoms with van der Waals surface area (Å²) in [5.41, 5.74) is 2.23. The molecule has 2 heterocycles. The Morgan fingerprint density at radius 3 is 2.38 bits per heavy atom. The van der Waals surface area contributed by atoms with Crippen LogP contribution in [0.5, 0.6) is 5.75 Å². The van der Waals surface area contributed by atoms with E-state index in [1.165, 1.54) is 19.1 Å². The SMILES string of the molecule is COc1ccc(F)cc1CN1CCN(C(=O)c2ccc(-c3ccc(C(C)=O)cc3)o2)CC1. The van der Waals surface area contributed by atoms with Crippen LogP contribution in [0.1, 0.15) is 33.4 Å². The van der Waals surface area contributed by atoms with Crippen molar-refractivity contribution in [3.8, 4) is 17.1 Å². The number of ether oxygens (including phenoxy) is 1. The molecule has 0 radical (unpaired) electrons. The van der Waals surface area contributed by atoms with Gasteiger partial charge in [0.05, 0.1) is 7.11 Å². The number of carbonyl (C=O) groups is 2. The Morgan fingerprint density at radius 1 is 1.00 bits per heavy atom. The van der Waals surface area contributed by atoms with Gasteiger partial charge in [0.15, 0.2) is 11.5 Å². The van der Waals surface area contributed by atoms with E-state index in [9.17, 15) is 14.0 Å². The number of methoxy groups -OCH3 is 1. The molecule has 1 aromatic heterocycles. The van der Waals surface area contributed by atoms with Crippen molar-refractivity contribution >= 4 is 11.7 Å². The Balaban J connectivity index is 1.37. The number of benzene rings is 2. The molecule has 0 bridgehead atoms. The van der Waals surface area contributed by atoms with Crippen LogP contribution in [0.4, 0.5) is 4.39 Å². The Hall–Kier alpha value is -3.45. The monoisotopic (exact) mass is 436 g/mol. The molecule has 1 saturated heterocycles. The highest BCUT2D eigenvalue weighted by molar-refractivity contribution is 5.94. The van der Waals surface area contributed by atoms with E-state index in [2.05, 4.69) is 4.90 Å². The van der Waals surface area contributed by atoms with Gasteiger partial charge in [-0.25, -0.2) is 4.39 Å². The summed E-state index contributed by atoms with van der Waals surface area (Å²) < 4.78 is 24.8. The van der Waals surface area contributed by atoms with Gasteiger partial charge >= 0.3 is 0 Å². The Kier molecular flexibility index (Phi) is 6.37. The standard InChI is InChI=1S/C25H25FN2O4/c1-17(29)18-3-5-19(6-4-18)23-9-10-24(32-23)25(30)28-13-11-27(12-14-28)16-20-15-21(26)7-8-22(20)31-2/h3-10,15H,11-14,16H2,1-2H3. The zero-order valence-corrected chi connectivity index (χ0v) is 18.1. The highest BCUT2D eigenvalue weighted by Gasteiger charge is 2.25. The zero-order chi connectivity index (χ0) is 22.7. The van der Waals surface area contributed by atoms with Gasteiger partial charge < -0.3 is 14.1 Å². The van der Waals surface area contributed by atoms with E-state index in [1.807, 2.05) is 12.1 Å². The first-order valence-corrected chi connectivity index (χ1v) is 10.5. The summed E-state index contributed by atoms with van der Waals surface area (Å²) in [7, 11) is 1.57. The number of nitrogens with zero attached hydrogens (tertiary/aromatic N) is 2. The highest BCUT2D eigenvalue weighted by atomic mass is 19.1. The van der Waals surface area contributed by atoms with E-state index >= 15 is 0 Å². The van der Waals surface area contributed by atoms with Crippen LogP contribution in [0.25, 0.3) is 11.3 Å². The van der Waals surface area contributed by atoms with Gasteiger partial charge in [0.25, 0.3) is 5.91 Å². The molecule has 7 heteroatoms. The number of hydrogen-bond donors (Lipinski definition) is 0. The molecular formula is C25H25FN2O4. The van der Waals surface area contributed by atoms with Crippen molar-refractivity contribution in [2.45, 2.75) is 13.5 Å². The summed E-state index contributed by atoms with van der Waals surface area (Å²) in [6, 6.07) is 15.1. The van der Waals surface area contributed by atoms with Crippen LogP contribution in [-0.4, -0.2) is 54.8 Å². The predicted octanol–water partition coefficient (Wildman–Crippen LogP) is 4.25. The molecule has 1 fully saturated rings. The Labute approximate surface area is 186 Å². The normalized spacial score (nSPS) is 14.4. The van der Waals surface area contributed by atoms with E-state index in [-0.39, 0.29) is 23.3 Å². The second-order valence-corrected chi connectivity index (χ2v) is 7.82. The summed E-state index contributed by atoms with van der Waals surface area (Å²) in [5, 5.41) is 0. The first-order valence-electron chi connectivity index (χ1n) is 10.5. The molecular weight excluding hydrogens is 411 g/mol. The maximum absolute atomic E-state index is 13.6. The van der Waals surface area contributed by atoms with Crippen LogP contribution < -0.4 is 4.74 Å². The van der Waals surface area contributed by atoms with Crippen molar-refractivity contribution < 1.29 is 23.1 Å². The van der Waals surface area contributed by atoms with E-state index < -0.39 is 0 Å². The van der Waals surface area contributed by atoms with Gasteiger partial charge in [-0.2, -0.15) is 0 Å². The zero-order valence-electron chi connectivity index (χ0n) is 18.1. The smallest absolute Gasteiger partial charge is 0.289 e. The van der Waals surface area contributed by atoms with Crippen molar-refractivity contribution in [1.29, 1.82) is 0 Å². The summed E-state index contributed by atoms with van der Waals surface area (Å²) in [6.45, 7) is 4.54. The van der Waals surface area contributed by atoms with Crippen LogP contribution in [0, 0.1) is 5.82 Å².